The largest absolute Gasteiger partial charge is 0.292 e. The van der Waals surface area contributed by atoms with Gasteiger partial charge in [-0.2, -0.15) is 5.01 Å². The Morgan fingerprint density at radius 2 is 1.68 bits per heavy atom. The molecule has 0 spiro atoms. The van der Waals surface area contributed by atoms with Crippen molar-refractivity contribution in [3.8, 4) is 0 Å². The Balaban J connectivity index is 1.72. The Morgan fingerprint density at radius 1 is 1.03 bits per heavy atom. The van der Waals surface area contributed by atoms with Gasteiger partial charge in [0.15, 0.2) is 5.78 Å². The minimum atomic E-state index is -0.853. The molecule has 174 valence electrons. The number of fused-ring (bicyclic) bond motifs is 1. The number of imide groups is 1. The summed E-state index contributed by atoms with van der Waals surface area (Å²) in [6, 6.07) is 9.05. The van der Waals surface area contributed by atoms with Crippen molar-refractivity contribution in [3.05, 3.63) is 85.9 Å². The van der Waals surface area contributed by atoms with Gasteiger partial charge in [-0.15, -0.1) is 0 Å². The molecule has 0 unspecified atom stereocenters. The van der Waals surface area contributed by atoms with E-state index >= 15 is 0 Å². The molecule has 34 heavy (non-hydrogen) atoms. The summed E-state index contributed by atoms with van der Waals surface area (Å²) >= 11 is 12.1. The van der Waals surface area contributed by atoms with Crippen LogP contribution in [0.5, 0.6) is 0 Å². The number of Topliss-reactive ketones (excluding diaryl/α,β-unsaturated/α-hetero) is 1. The van der Waals surface area contributed by atoms with Crippen LogP contribution in [0.4, 0.5) is 5.69 Å². The summed E-state index contributed by atoms with van der Waals surface area (Å²) in [4.78, 5) is 63.3. The first kappa shape index (κ1) is 23.6. The number of halogens is 2. The zero-order valence-electron chi connectivity index (χ0n) is 17.5. The van der Waals surface area contributed by atoms with Gasteiger partial charge in [0.2, 0.25) is 0 Å². The molecule has 3 amide bonds. The zero-order chi connectivity index (χ0) is 24.6. The van der Waals surface area contributed by atoms with E-state index in [2.05, 4.69) is 0 Å². The van der Waals surface area contributed by atoms with Gasteiger partial charge in [0.25, 0.3) is 23.4 Å². The molecule has 0 saturated carbocycles. The summed E-state index contributed by atoms with van der Waals surface area (Å²) in [5, 5.41) is 12.8. The van der Waals surface area contributed by atoms with E-state index in [4.69, 9.17) is 23.2 Å². The molecule has 0 radical (unpaired) electrons. The number of amides is 3. The van der Waals surface area contributed by atoms with Crippen LogP contribution in [0.25, 0.3) is 0 Å². The Bertz CT molecular complexity index is 1240. The van der Waals surface area contributed by atoms with E-state index < -0.39 is 46.8 Å². The maximum atomic E-state index is 13.5. The van der Waals surface area contributed by atoms with E-state index in [0.717, 1.165) is 11.1 Å². The van der Waals surface area contributed by atoms with Crippen LogP contribution in [-0.4, -0.2) is 45.0 Å². The van der Waals surface area contributed by atoms with Gasteiger partial charge in [0, 0.05) is 22.7 Å². The number of hydrazine groups is 1. The molecular weight excluding hydrogens is 485 g/mol. The Hall–Kier alpha value is -3.56. The highest BCUT2D eigenvalue weighted by atomic mass is 35.5. The summed E-state index contributed by atoms with van der Waals surface area (Å²) < 4.78 is 0. The van der Waals surface area contributed by atoms with Gasteiger partial charge in [0.05, 0.1) is 27.3 Å². The third-order valence-electron chi connectivity index (χ3n) is 5.79. The van der Waals surface area contributed by atoms with Crippen LogP contribution in [0.2, 0.25) is 10.0 Å². The first-order valence-corrected chi connectivity index (χ1v) is 11.0. The molecule has 2 aromatic carbocycles. The average Bonchev–Trinajstić information content (AvgIpc) is 3.07. The number of benzene rings is 2. The first-order valence-electron chi connectivity index (χ1n) is 10.3. The van der Waals surface area contributed by atoms with Crippen LogP contribution < -0.4 is 0 Å². The van der Waals surface area contributed by atoms with Gasteiger partial charge >= 0.3 is 0 Å². The molecule has 1 saturated heterocycles. The number of nitro benzene ring substituents is 1. The molecule has 2 aliphatic rings. The molecule has 1 aliphatic heterocycles. The molecule has 0 bridgehead atoms. The van der Waals surface area contributed by atoms with Crippen LogP contribution in [-0.2, 0) is 9.59 Å². The molecular formula is C23H17Cl2N3O6. The van der Waals surface area contributed by atoms with Gasteiger partial charge < -0.3 is 0 Å². The molecule has 9 nitrogen and oxygen atoms in total. The Morgan fingerprint density at radius 3 is 2.26 bits per heavy atom. The fourth-order valence-corrected chi connectivity index (χ4v) is 4.57. The summed E-state index contributed by atoms with van der Waals surface area (Å²) in [6.07, 6.45) is 4.28. The predicted octanol–water partition coefficient (Wildman–Crippen LogP) is 4.09. The minimum Gasteiger partial charge on any atom is -0.292 e. The smallest absolute Gasteiger partial charge is 0.274 e. The molecule has 1 fully saturated rings. The molecule has 1 aliphatic carbocycles. The number of ketones is 1. The second kappa shape index (κ2) is 9.36. The number of rotatable bonds is 6. The second-order valence-electron chi connectivity index (χ2n) is 7.86. The van der Waals surface area contributed by atoms with Gasteiger partial charge in [-0.25, -0.2) is 5.01 Å². The minimum absolute atomic E-state index is 0.0246. The summed E-state index contributed by atoms with van der Waals surface area (Å²) in [5.74, 6) is -4.01. The maximum absolute atomic E-state index is 13.5. The quantitative estimate of drug-likeness (QED) is 0.193. The van der Waals surface area contributed by atoms with Crippen LogP contribution in [0.1, 0.15) is 33.6 Å². The highest BCUT2D eigenvalue weighted by molar-refractivity contribution is 6.36. The lowest BCUT2D eigenvalue weighted by molar-refractivity contribution is -0.384. The maximum Gasteiger partial charge on any atom is 0.274 e. The first-order chi connectivity index (χ1) is 16.2. The third-order valence-corrected chi connectivity index (χ3v) is 6.34. The topological polar surface area (TPSA) is 118 Å². The number of carbonyl (C=O) groups excluding carboxylic acids is 4. The van der Waals surface area contributed by atoms with E-state index in [-0.39, 0.29) is 26.9 Å². The van der Waals surface area contributed by atoms with E-state index in [0.29, 0.717) is 17.9 Å². The fraction of sp³-hybridized carbons (Fsp3) is 0.217. The van der Waals surface area contributed by atoms with Gasteiger partial charge in [-0.3, -0.25) is 29.3 Å². The number of non-ortho nitro benzene ring substituents is 1. The van der Waals surface area contributed by atoms with E-state index in [1.807, 2.05) is 0 Å². The van der Waals surface area contributed by atoms with Crippen molar-refractivity contribution < 1.29 is 24.1 Å². The Labute approximate surface area is 203 Å². The molecule has 0 N–H and O–H groups in total. The standard InChI is InChI=1S/C23H17Cl2N3O6/c24-14-8-9-18(19(25)11-14)21(30)26(12-20(29)13-4-3-5-15(10-13)28(33)34)27-22(31)16-6-1-2-7-17(16)23(27)32/h1-5,8-11,16-17H,6-7,12H2/t16-,17-/m1/s1. The van der Waals surface area contributed by atoms with Crippen molar-refractivity contribution in [2.45, 2.75) is 12.8 Å². The van der Waals surface area contributed by atoms with Gasteiger partial charge in [-0.05, 0) is 31.0 Å². The van der Waals surface area contributed by atoms with Crippen LogP contribution in [0, 0.1) is 22.0 Å². The van der Waals surface area contributed by atoms with Gasteiger partial charge in [0.1, 0.15) is 6.54 Å². The molecule has 2 atom stereocenters. The number of carbonyl (C=O) groups is 4. The SMILES string of the molecule is O=C(CN(C(=O)c1ccc(Cl)cc1Cl)N1C(=O)[C@@H]2CC=CC[C@H]2C1=O)c1cccc([N+](=O)[O-])c1. The molecule has 4 rings (SSSR count). The van der Waals surface area contributed by atoms with Crippen molar-refractivity contribution in [1.29, 1.82) is 0 Å². The highest BCUT2D eigenvalue weighted by Gasteiger charge is 2.51. The molecule has 0 aromatic heterocycles. The molecule has 2 aromatic rings. The second-order valence-corrected chi connectivity index (χ2v) is 8.71. The van der Waals surface area contributed by atoms with Crippen molar-refractivity contribution in [3.63, 3.8) is 0 Å². The summed E-state index contributed by atoms with van der Waals surface area (Å²) in [6.45, 7) is -0.705. The number of nitro groups is 1. The number of allylic oxidation sites excluding steroid dienone is 2. The molecule has 1 heterocycles. The van der Waals surface area contributed by atoms with Crippen molar-refractivity contribution >= 4 is 52.4 Å². The monoisotopic (exact) mass is 501 g/mol. The highest BCUT2D eigenvalue weighted by Crippen LogP contribution is 2.36. The fourth-order valence-electron chi connectivity index (χ4n) is 4.08. The van der Waals surface area contributed by atoms with Crippen LogP contribution in [0.3, 0.4) is 0 Å². The summed E-state index contributed by atoms with van der Waals surface area (Å²) in [5.41, 5.74) is -0.422. The van der Waals surface area contributed by atoms with Gasteiger partial charge in [-0.1, -0.05) is 47.5 Å². The summed E-state index contributed by atoms with van der Waals surface area (Å²) in [7, 11) is 0. The van der Waals surface area contributed by atoms with Crippen molar-refractivity contribution in [2.75, 3.05) is 6.54 Å². The normalized spacial score (nSPS) is 19.2. The molecule has 11 heteroatoms. The zero-order valence-corrected chi connectivity index (χ0v) is 19.0. The van der Waals surface area contributed by atoms with Crippen LogP contribution in [0.15, 0.2) is 54.6 Å². The van der Waals surface area contributed by atoms with E-state index in [9.17, 15) is 29.3 Å². The predicted molar refractivity (Wildman–Crippen MR) is 122 cm³/mol. The number of hydrogen-bond donors (Lipinski definition) is 0. The van der Waals surface area contributed by atoms with E-state index in [1.165, 1.54) is 36.4 Å². The number of hydrogen-bond acceptors (Lipinski definition) is 6. The van der Waals surface area contributed by atoms with Crippen LogP contribution >= 0.6 is 23.2 Å². The Kier molecular flexibility index (Phi) is 6.49. The lowest BCUT2D eigenvalue weighted by Crippen LogP contribution is -2.52. The average molecular weight is 502 g/mol. The lowest BCUT2D eigenvalue weighted by atomic mass is 9.85. The third kappa shape index (κ3) is 4.32. The van der Waals surface area contributed by atoms with Crippen molar-refractivity contribution in [1.82, 2.24) is 10.0 Å². The number of nitrogens with zero attached hydrogens (tertiary/aromatic N) is 3. The lowest BCUT2D eigenvalue weighted by Gasteiger charge is -2.30. The van der Waals surface area contributed by atoms with Crippen molar-refractivity contribution in [2.24, 2.45) is 11.8 Å². The van der Waals surface area contributed by atoms with E-state index in [1.54, 1.807) is 12.2 Å².